The van der Waals surface area contributed by atoms with Crippen molar-refractivity contribution in [3.63, 3.8) is 0 Å². The predicted octanol–water partition coefficient (Wildman–Crippen LogP) is 3.69. The molecule has 110 valence electrons. The summed E-state index contributed by atoms with van der Waals surface area (Å²) in [6.45, 7) is 3.98. The van der Waals surface area contributed by atoms with Gasteiger partial charge in [0.05, 0.1) is 0 Å². The third-order valence-electron chi connectivity index (χ3n) is 3.58. The highest BCUT2D eigenvalue weighted by Crippen LogP contribution is 2.37. The Morgan fingerprint density at radius 2 is 1.90 bits per heavy atom. The molecule has 1 aliphatic rings. The summed E-state index contributed by atoms with van der Waals surface area (Å²) in [7, 11) is 0. The molecule has 1 saturated heterocycles. The maximum atomic E-state index is 12.0. The van der Waals surface area contributed by atoms with Gasteiger partial charge in [-0.1, -0.05) is 38.3 Å². The fourth-order valence-electron chi connectivity index (χ4n) is 2.42. The van der Waals surface area contributed by atoms with Crippen LogP contribution in [0.25, 0.3) is 0 Å². The van der Waals surface area contributed by atoms with Crippen LogP contribution in [0.5, 0.6) is 5.75 Å². The maximum absolute atomic E-state index is 12.0. The van der Waals surface area contributed by atoms with Crippen LogP contribution in [0.2, 0.25) is 0 Å². The van der Waals surface area contributed by atoms with Crippen LogP contribution in [-0.2, 0) is 14.3 Å². The number of rotatable bonds is 6. The van der Waals surface area contributed by atoms with Crippen molar-refractivity contribution in [2.75, 3.05) is 0 Å². The van der Waals surface area contributed by atoms with Gasteiger partial charge in [-0.25, -0.2) is 4.79 Å². The van der Waals surface area contributed by atoms with E-state index in [0.29, 0.717) is 12.0 Å². The molecule has 0 spiro atoms. The summed E-state index contributed by atoms with van der Waals surface area (Å²) in [5, 5.41) is 9.28. The molecule has 0 aromatic heterocycles. The van der Waals surface area contributed by atoms with Crippen LogP contribution in [-0.4, -0.2) is 16.9 Å². The van der Waals surface area contributed by atoms with Crippen LogP contribution < -0.4 is 0 Å². The highest BCUT2D eigenvalue weighted by Gasteiger charge is 2.44. The average molecular weight is 278 g/mol. The first-order valence-corrected chi connectivity index (χ1v) is 7.24. The SMILES string of the molecule is CCCCCC[C@@]1(C)OC(=O)C(c2ccc(O)cc2)O1. The number of esters is 1. The second-order valence-corrected chi connectivity index (χ2v) is 5.45. The van der Waals surface area contributed by atoms with E-state index in [2.05, 4.69) is 6.92 Å². The molecule has 0 bridgehead atoms. The van der Waals surface area contributed by atoms with Gasteiger partial charge in [0, 0.05) is 13.3 Å². The number of hydrogen-bond donors (Lipinski definition) is 1. The molecule has 20 heavy (non-hydrogen) atoms. The van der Waals surface area contributed by atoms with Gasteiger partial charge in [-0.05, 0) is 24.1 Å². The molecule has 4 nitrogen and oxygen atoms in total. The summed E-state index contributed by atoms with van der Waals surface area (Å²) in [6.07, 6.45) is 4.50. The Morgan fingerprint density at radius 1 is 1.20 bits per heavy atom. The van der Waals surface area contributed by atoms with Gasteiger partial charge < -0.3 is 14.6 Å². The lowest BCUT2D eigenvalue weighted by atomic mass is 10.1. The normalized spacial score (nSPS) is 25.7. The zero-order valence-electron chi connectivity index (χ0n) is 12.1. The van der Waals surface area contributed by atoms with Crippen LogP contribution in [0.15, 0.2) is 24.3 Å². The van der Waals surface area contributed by atoms with Crippen molar-refractivity contribution in [1.82, 2.24) is 0 Å². The minimum atomic E-state index is -0.826. The number of phenolic OH excluding ortho intramolecular Hbond substituents is 1. The number of hydrogen-bond acceptors (Lipinski definition) is 4. The lowest BCUT2D eigenvalue weighted by Crippen LogP contribution is -2.25. The first kappa shape index (κ1) is 14.9. The molecule has 1 fully saturated rings. The summed E-state index contributed by atoms with van der Waals surface area (Å²) >= 11 is 0. The van der Waals surface area contributed by atoms with Gasteiger partial charge >= 0.3 is 5.97 Å². The Balaban J connectivity index is 1.97. The topological polar surface area (TPSA) is 55.8 Å². The second-order valence-electron chi connectivity index (χ2n) is 5.45. The lowest BCUT2D eigenvalue weighted by Gasteiger charge is -2.21. The Bertz CT molecular complexity index is 454. The molecule has 1 unspecified atom stereocenters. The van der Waals surface area contributed by atoms with Crippen LogP contribution in [0.4, 0.5) is 0 Å². The van der Waals surface area contributed by atoms with E-state index >= 15 is 0 Å². The van der Waals surface area contributed by atoms with E-state index in [-0.39, 0.29) is 11.7 Å². The smallest absolute Gasteiger partial charge is 0.342 e. The van der Waals surface area contributed by atoms with Crippen molar-refractivity contribution < 1.29 is 19.4 Å². The molecule has 1 heterocycles. The van der Waals surface area contributed by atoms with E-state index in [1.165, 1.54) is 12.8 Å². The minimum absolute atomic E-state index is 0.169. The van der Waals surface area contributed by atoms with Crippen molar-refractivity contribution in [2.24, 2.45) is 0 Å². The van der Waals surface area contributed by atoms with Crippen molar-refractivity contribution in [2.45, 2.75) is 57.8 Å². The van der Waals surface area contributed by atoms with Crippen molar-refractivity contribution in [1.29, 1.82) is 0 Å². The fraction of sp³-hybridized carbons (Fsp3) is 0.562. The van der Waals surface area contributed by atoms with Crippen molar-refractivity contribution in [3.8, 4) is 5.75 Å². The van der Waals surface area contributed by atoms with Gasteiger partial charge in [0.1, 0.15) is 5.75 Å². The van der Waals surface area contributed by atoms with Gasteiger partial charge in [-0.15, -0.1) is 0 Å². The zero-order chi connectivity index (χ0) is 14.6. The Labute approximate surface area is 119 Å². The molecule has 0 aliphatic carbocycles. The number of carbonyl (C=O) groups excluding carboxylic acids is 1. The van der Waals surface area contributed by atoms with Gasteiger partial charge in [-0.2, -0.15) is 0 Å². The summed E-state index contributed by atoms with van der Waals surface area (Å²) < 4.78 is 11.2. The van der Waals surface area contributed by atoms with E-state index in [9.17, 15) is 9.90 Å². The van der Waals surface area contributed by atoms with E-state index in [0.717, 1.165) is 12.8 Å². The first-order chi connectivity index (χ1) is 9.54. The molecule has 1 N–H and O–H groups in total. The Hall–Kier alpha value is -1.55. The van der Waals surface area contributed by atoms with Gasteiger partial charge in [0.15, 0.2) is 6.10 Å². The van der Waals surface area contributed by atoms with Gasteiger partial charge in [-0.3, -0.25) is 0 Å². The summed E-state index contributed by atoms with van der Waals surface area (Å²) in [4.78, 5) is 12.0. The largest absolute Gasteiger partial charge is 0.508 e. The van der Waals surface area contributed by atoms with Crippen LogP contribution in [0.1, 0.15) is 57.6 Å². The highest BCUT2D eigenvalue weighted by atomic mass is 16.8. The first-order valence-electron chi connectivity index (χ1n) is 7.24. The average Bonchev–Trinajstić information content (AvgIpc) is 2.72. The second kappa shape index (κ2) is 6.27. The number of aromatic hydroxyl groups is 1. The monoisotopic (exact) mass is 278 g/mol. The zero-order valence-corrected chi connectivity index (χ0v) is 12.1. The van der Waals surface area contributed by atoms with E-state index < -0.39 is 11.9 Å². The molecule has 0 saturated carbocycles. The third kappa shape index (κ3) is 3.51. The maximum Gasteiger partial charge on any atom is 0.342 e. The number of cyclic esters (lactones) is 1. The number of carbonyl (C=O) groups is 1. The molecule has 4 heteroatoms. The molecule has 2 rings (SSSR count). The van der Waals surface area contributed by atoms with Gasteiger partial charge in [0.2, 0.25) is 5.79 Å². The summed E-state index contributed by atoms with van der Waals surface area (Å²) in [5.41, 5.74) is 0.713. The van der Waals surface area contributed by atoms with Crippen molar-refractivity contribution >= 4 is 5.97 Å². The van der Waals surface area contributed by atoms with E-state index in [4.69, 9.17) is 9.47 Å². The Kier molecular flexibility index (Phi) is 4.65. The van der Waals surface area contributed by atoms with Gasteiger partial charge in [0.25, 0.3) is 0 Å². The molecule has 1 aliphatic heterocycles. The van der Waals surface area contributed by atoms with Crippen LogP contribution in [0, 0.1) is 0 Å². The quantitative estimate of drug-likeness (QED) is 0.637. The lowest BCUT2D eigenvalue weighted by molar-refractivity contribution is -0.172. The Morgan fingerprint density at radius 3 is 2.55 bits per heavy atom. The number of unbranched alkanes of at least 4 members (excludes halogenated alkanes) is 3. The number of phenols is 1. The number of ether oxygens (including phenoxy) is 2. The van der Waals surface area contributed by atoms with E-state index in [1.807, 2.05) is 6.92 Å². The molecular formula is C16H22O4. The highest BCUT2D eigenvalue weighted by molar-refractivity contribution is 5.78. The minimum Gasteiger partial charge on any atom is -0.508 e. The standard InChI is InChI=1S/C16H22O4/c1-3-4-5-6-11-16(2)19-14(15(18)20-16)12-7-9-13(17)10-8-12/h7-10,14,17H,3-6,11H2,1-2H3/t14?,16-/m1/s1. The van der Waals surface area contributed by atoms with Crippen LogP contribution in [0.3, 0.4) is 0 Å². The number of benzene rings is 1. The summed E-state index contributed by atoms with van der Waals surface area (Å²) in [6, 6.07) is 6.46. The molecular weight excluding hydrogens is 256 g/mol. The molecule has 1 aromatic rings. The molecule has 0 radical (unpaired) electrons. The molecule has 1 aromatic carbocycles. The summed E-state index contributed by atoms with van der Waals surface area (Å²) in [5.74, 6) is -1.01. The third-order valence-corrected chi connectivity index (χ3v) is 3.58. The van der Waals surface area contributed by atoms with Crippen LogP contribution >= 0.6 is 0 Å². The predicted molar refractivity (Wildman–Crippen MR) is 75.2 cm³/mol. The van der Waals surface area contributed by atoms with E-state index in [1.54, 1.807) is 24.3 Å². The molecule has 2 atom stereocenters. The molecule has 0 amide bonds. The fourth-order valence-corrected chi connectivity index (χ4v) is 2.42. The van der Waals surface area contributed by atoms with Crippen molar-refractivity contribution in [3.05, 3.63) is 29.8 Å².